The molecule has 7 nitrogen and oxygen atoms in total. The number of piperidine rings is 1. The van der Waals surface area contributed by atoms with Gasteiger partial charge in [0.05, 0.1) is 25.2 Å². The van der Waals surface area contributed by atoms with Crippen molar-refractivity contribution >= 4 is 15.9 Å². The molecule has 1 saturated heterocycles. The first kappa shape index (κ1) is 22.6. The summed E-state index contributed by atoms with van der Waals surface area (Å²) in [6.45, 7) is 0.631. The lowest BCUT2D eigenvalue weighted by Gasteiger charge is -2.32. The molecular formula is C24H30N2O5S. The Morgan fingerprint density at radius 3 is 2.44 bits per heavy atom. The van der Waals surface area contributed by atoms with Crippen LogP contribution in [0.15, 0.2) is 47.4 Å². The summed E-state index contributed by atoms with van der Waals surface area (Å²) in [5.74, 6) is 0.692. The van der Waals surface area contributed by atoms with Crippen molar-refractivity contribution < 1.29 is 22.7 Å². The monoisotopic (exact) mass is 458 g/mol. The van der Waals surface area contributed by atoms with Gasteiger partial charge in [0.25, 0.3) is 0 Å². The molecule has 2 aromatic carbocycles. The smallest absolute Gasteiger partial charge is 0.243 e. The number of benzene rings is 2. The summed E-state index contributed by atoms with van der Waals surface area (Å²) in [5, 5.41) is 3.22. The number of methoxy groups -OCH3 is 2. The molecule has 2 aromatic rings. The molecule has 0 radical (unpaired) electrons. The van der Waals surface area contributed by atoms with Crippen LogP contribution in [0.3, 0.4) is 0 Å². The zero-order valence-corrected chi connectivity index (χ0v) is 19.4. The number of carbonyl (C=O) groups is 1. The van der Waals surface area contributed by atoms with Crippen molar-refractivity contribution in [3.8, 4) is 11.5 Å². The first-order valence-electron chi connectivity index (χ1n) is 11.0. The molecule has 4 rings (SSSR count). The maximum Gasteiger partial charge on any atom is 0.243 e. The van der Waals surface area contributed by atoms with E-state index in [-0.39, 0.29) is 22.8 Å². The lowest BCUT2D eigenvalue weighted by Crippen LogP contribution is -2.44. The Bertz CT molecular complexity index is 1080. The van der Waals surface area contributed by atoms with Crippen molar-refractivity contribution in [1.82, 2.24) is 9.62 Å². The third-order valence-corrected chi connectivity index (χ3v) is 8.40. The molecule has 1 N–H and O–H groups in total. The fourth-order valence-electron chi connectivity index (χ4n) is 4.68. The van der Waals surface area contributed by atoms with Crippen LogP contribution in [-0.2, 0) is 21.2 Å². The topological polar surface area (TPSA) is 84.9 Å². The number of rotatable bonds is 6. The SMILES string of the molecule is COc1ccc(S(=O)(=O)N2CCC(C(=O)N[C@H]3CCCc4ccccc43)CC2)cc1OC. The first-order valence-corrected chi connectivity index (χ1v) is 12.5. The van der Waals surface area contributed by atoms with Crippen LogP contribution in [0.4, 0.5) is 0 Å². The molecule has 2 aliphatic rings. The van der Waals surface area contributed by atoms with Gasteiger partial charge in [-0.2, -0.15) is 4.31 Å². The average Bonchev–Trinajstić information content (AvgIpc) is 2.83. The predicted octanol–water partition coefficient (Wildman–Crippen LogP) is 3.30. The van der Waals surface area contributed by atoms with Crippen molar-refractivity contribution in [1.29, 1.82) is 0 Å². The number of aryl methyl sites for hydroxylation is 1. The van der Waals surface area contributed by atoms with Gasteiger partial charge >= 0.3 is 0 Å². The van der Waals surface area contributed by atoms with Gasteiger partial charge in [-0.3, -0.25) is 4.79 Å². The molecule has 172 valence electrons. The second-order valence-corrected chi connectivity index (χ2v) is 10.3. The quantitative estimate of drug-likeness (QED) is 0.718. The Balaban J connectivity index is 1.39. The van der Waals surface area contributed by atoms with Crippen LogP contribution in [0, 0.1) is 5.92 Å². The molecule has 1 heterocycles. The Morgan fingerprint density at radius 1 is 1.00 bits per heavy atom. The van der Waals surface area contributed by atoms with Gasteiger partial charge < -0.3 is 14.8 Å². The number of nitrogens with zero attached hydrogens (tertiary/aromatic N) is 1. The molecule has 0 aromatic heterocycles. The molecule has 1 amide bonds. The zero-order chi connectivity index (χ0) is 22.7. The van der Waals surface area contributed by atoms with Crippen molar-refractivity contribution in [3.63, 3.8) is 0 Å². The number of sulfonamides is 1. The highest BCUT2D eigenvalue weighted by Crippen LogP contribution is 2.33. The van der Waals surface area contributed by atoms with E-state index in [0.29, 0.717) is 37.4 Å². The van der Waals surface area contributed by atoms with Crippen LogP contribution >= 0.6 is 0 Å². The standard InChI is InChI=1S/C24H30N2O5S/c1-30-22-11-10-19(16-23(22)31-2)32(28,29)26-14-12-18(13-15-26)24(27)25-21-9-5-7-17-6-3-4-8-20(17)21/h3-4,6,8,10-11,16,18,21H,5,7,9,12-15H2,1-2H3,(H,25,27)/t21-/m0/s1. The summed E-state index contributed by atoms with van der Waals surface area (Å²) in [4.78, 5) is 13.1. The number of fused-ring (bicyclic) bond motifs is 1. The third-order valence-electron chi connectivity index (χ3n) is 6.50. The number of hydrogen-bond acceptors (Lipinski definition) is 5. The van der Waals surface area contributed by atoms with Crippen molar-refractivity contribution in [2.45, 2.75) is 43.0 Å². The number of carbonyl (C=O) groups excluding carboxylic acids is 1. The Labute approximate surface area is 189 Å². The van der Waals surface area contributed by atoms with E-state index < -0.39 is 10.0 Å². The highest BCUT2D eigenvalue weighted by Gasteiger charge is 2.33. The molecule has 1 aliphatic heterocycles. The van der Waals surface area contributed by atoms with E-state index in [9.17, 15) is 13.2 Å². The van der Waals surface area contributed by atoms with Crippen molar-refractivity contribution in [2.24, 2.45) is 5.92 Å². The Hall–Kier alpha value is -2.58. The minimum Gasteiger partial charge on any atom is -0.493 e. The highest BCUT2D eigenvalue weighted by molar-refractivity contribution is 7.89. The van der Waals surface area contributed by atoms with Gasteiger partial charge in [0, 0.05) is 25.1 Å². The fraction of sp³-hybridized carbons (Fsp3) is 0.458. The summed E-state index contributed by atoms with van der Waals surface area (Å²) >= 11 is 0. The van der Waals surface area contributed by atoms with Crippen LogP contribution in [0.1, 0.15) is 42.9 Å². The van der Waals surface area contributed by atoms with Crippen LogP contribution < -0.4 is 14.8 Å². The van der Waals surface area contributed by atoms with Gasteiger partial charge in [0.15, 0.2) is 11.5 Å². The van der Waals surface area contributed by atoms with Crippen molar-refractivity contribution in [2.75, 3.05) is 27.3 Å². The number of amides is 1. The van der Waals surface area contributed by atoms with Gasteiger partial charge in [-0.15, -0.1) is 0 Å². The molecule has 1 aliphatic carbocycles. The second-order valence-electron chi connectivity index (χ2n) is 8.35. The van der Waals surface area contributed by atoms with Gasteiger partial charge in [-0.25, -0.2) is 8.42 Å². The maximum absolute atomic E-state index is 13.1. The molecule has 1 fully saturated rings. The molecule has 32 heavy (non-hydrogen) atoms. The lowest BCUT2D eigenvalue weighted by atomic mass is 9.87. The second kappa shape index (κ2) is 9.50. The third kappa shape index (κ3) is 4.47. The summed E-state index contributed by atoms with van der Waals surface area (Å²) in [7, 11) is -0.687. The van der Waals surface area contributed by atoms with Gasteiger partial charge in [-0.1, -0.05) is 24.3 Å². The van der Waals surface area contributed by atoms with E-state index in [4.69, 9.17) is 9.47 Å². The van der Waals surface area contributed by atoms with Crippen LogP contribution in [0.2, 0.25) is 0 Å². The minimum atomic E-state index is -3.67. The number of ether oxygens (including phenoxy) is 2. The van der Waals surface area contributed by atoms with Crippen LogP contribution in [0.5, 0.6) is 11.5 Å². The molecule has 0 bridgehead atoms. The Kier molecular flexibility index (Phi) is 6.71. The van der Waals surface area contributed by atoms with E-state index in [2.05, 4.69) is 17.4 Å². The lowest BCUT2D eigenvalue weighted by molar-refractivity contribution is -0.127. The van der Waals surface area contributed by atoms with Gasteiger partial charge in [-0.05, 0) is 55.4 Å². The van der Waals surface area contributed by atoms with Crippen molar-refractivity contribution in [3.05, 3.63) is 53.6 Å². The molecule has 8 heteroatoms. The Morgan fingerprint density at radius 2 is 1.72 bits per heavy atom. The average molecular weight is 459 g/mol. The largest absolute Gasteiger partial charge is 0.493 e. The molecular weight excluding hydrogens is 428 g/mol. The van der Waals surface area contributed by atoms with E-state index in [0.717, 1.165) is 19.3 Å². The summed E-state index contributed by atoms with van der Waals surface area (Å²) in [5.41, 5.74) is 2.51. The molecule has 0 saturated carbocycles. The number of nitrogens with one attached hydrogen (secondary N) is 1. The van der Waals surface area contributed by atoms with Gasteiger partial charge in [0.2, 0.25) is 15.9 Å². The highest BCUT2D eigenvalue weighted by atomic mass is 32.2. The van der Waals surface area contributed by atoms with E-state index in [1.165, 1.54) is 41.8 Å². The van der Waals surface area contributed by atoms with E-state index in [1.807, 2.05) is 12.1 Å². The van der Waals surface area contributed by atoms with Crippen LogP contribution in [-0.4, -0.2) is 45.9 Å². The zero-order valence-electron chi connectivity index (χ0n) is 18.5. The summed E-state index contributed by atoms with van der Waals surface area (Å²) in [6.07, 6.45) is 4.06. The first-order chi connectivity index (χ1) is 15.4. The maximum atomic E-state index is 13.1. The number of hydrogen-bond donors (Lipinski definition) is 1. The van der Waals surface area contributed by atoms with E-state index >= 15 is 0 Å². The normalized spacial score (nSPS) is 19.8. The molecule has 1 atom stereocenters. The predicted molar refractivity (Wildman–Crippen MR) is 121 cm³/mol. The summed E-state index contributed by atoms with van der Waals surface area (Å²) < 4.78 is 38.1. The van der Waals surface area contributed by atoms with Gasteiger partial charge in [0.1, 0.15) is 0 Å². The minimum absolute atomic E-state index is 0.0230. The van der Waals surface area contributed by atoms with Crippen LogP contribution in [0.25, 0.3) is 0 Å². The molecule has 0 spiro atoms. The van der Waals surface area contributed by atoms with E-state index in [1.54, 1.807) is 6.07 Å². The fourth-order valence-corrected chi connectivity index (χ4v) is 6.16. The molecule has 0 unspecified atom stereocenters. The summed E-state index contributed by atoms with van der Waals surface area (Å²) in [6, 6.07) is 12.9.